The lowest BCUT2D eigenvalue weighted by Gasteiger charge is -2.32. The molecule has 38 heavy (non-hydrogen) atoms. The fourth-order valence-corrected chi connectivity index (χ4v) is 4.16. The van der Waals surface area contributed by atoms with Crippen molar-refractivity contribution in [3.05, 3.63) is 75.5 Å². The molecule has 2 N–H and O–H groups in total. The molecule has 8 nitrogen and oxygen atoms in total. The van der Waals surface area contributed by atoms with Crippen molar-refractivity contribution in [2.75, 3.05) is 10.6 Å². The Morgan fingerprint density at radius 2 is 1.61 bits per heavy atom. The second-order valence-corrected chi connectivity index (χ2v) is 9.39. The van der Waals surface area contributed by atoms with Crippen LogP contribution in [0.15, 0.2) is 47.5 Å². The second-order valence-electron chi connectivity index (χ2n) is 9.39. The van der Waals surface area contributed by atoms with Crippen molar-refractivity contribution in [1.82, 2.24) is 14.5 Å². The summed E-state index contributed by atoms with van der Waals surface area (Å²) in [6.45, 7) is 17.1. The quantitative estimate of drug-likeness (QED) is 0.351. The highest BCUT2D eigenvalue weighted by Gasteiger charge is 2.31. The van der Waals surface area contributed by atoms with Gasteiger partial charge in [0.15, 0.2) is 5.78 Å². The Bertz CT molecular complexity index is 1340. The largest absolute Gasteiger partial charge is 0.336 e. The van der Waals surface area contributed by atoms with E-state index >= 15 is 0 Å². The van der Waals surface area contributed by atoms with Gasteiger partial charge in [-0.1, -0.05) is 57.5 Å². The molecule has 3 aromatic rings. The maximum absolute atomic E-state index is 13.8. The van der Waals surface area contributed by atoms with Crippen LogP contribution in [0.4, 0.5) is 17.3 Å². The summed E-state index contributed by atoms with van der Waals surface area (Å²) in [5.74, 6) is 0.534. The fourth-order valence-electron chi connectivity index (χ4n) is 4.16. The highest BCUT2D eigenvalue weighted by atomic mass is 16.2. The molecule has 0 spiro atoms. The van der Waals surface area contributed by atoms with Gasteiger partial charge >= 0.3 is 0 Å². The van der Waals surface area contributed by atoms with Crippen LogP contribution in [0.25, 0.3) is 0 Å². The molecule has 204 valence electrons. The molecule has 0 bridgehead atoms. The zero-order valence-corrected chi connectivity index (χ0v) is 24.1. The van der Waals surface area contributed by atoms with E-state index in [0.29, 0.717) is 22.9 Å². The minimum atomic E-state index is -0.790. The molecule has 2 heterocycles. The zero-order valence-electron chi connectivity index (χ0n) is 24.1. The highest BCUT2D eigenvalue weighted by molar-refractivity contribution is 5.95. The van der Waals surface area contributed by atoms with E-state index in [1.54, 1.807) is 16.7 Å². The minimum absolute atomic E-state index is 0.0456. The summed E-state index contributed by atoms with van der Waals surface area (Å²) in [6, 6.07) is 11.2. The van der Waals surface area contributed by atoms with Gasteiger partial charge in [0, 0.05) is 18.9 Å². The maximum atomic E-state index is 13.8. The Morgan fingerprint density at radius 3 is 2.18 bits per heavy atom. The van der Waals surface area contributed by atoms with Crippen LogP contribution < -0.4 is 16.2 Å². The number of aryl methyl sites for hydroxylation is 2. The van der Waals surface area contributed by atoms with Crippen molar-refractivity contribution < 1.29 is 9.59 Å². The normalized spacial score (nSPS) is 12.3. The van der Waals surface area contributed by atoms with Crippen LogP contribution in [0.1, 0.15) is 88.5 Å². The molecule has 1 aromatic carbocycles. The molecule has 0 aliphatic heterocycles. The molecule has 1 aliphatic rings. The molecule has 1 aliphatic carbocycles. The molecule has 8 heteroatoms. The van der Waals surface area contributed by atoms with Crippen LogP contribution in [0.5, 0.6) is 0 Å². The molecular weight excluding hydrogens is 478 g/mol. The third-order valence-electron chi connectivity index (χ3n) is 6.14. The van der Waals surface area contributed by atoms with E-state index in [4.69, 9.17) is 0 Å². The van der Waals surface area contributed by atoms with Gasteiger partial charge in [-0.2, -0.15) is 0 Å². The number of hydrogen-bond acceptors (Lipinski definition) is 6. The van der Waals surface area contributed by atoms with Crippen LogP contribution in [-0.2, 0) is 10.3 Å². The Morgan fingerprint density at radius 1 is 0.974 bits per heavy atom. The van der Waals surface area contributed by atoms with Crippen LogP contribution in [0, 0.1) is 19.8 Å². The number of nitrogens with zero attached hydrogens (tertiary/aromatic N) is 3. The second kappa shape index (κ2) is 13.1. The number of Topliss-reactive ketones (excluding diaryl/α,β-unsaturated/α-hetero) is 1. The predicted octanol–water partition coefficient (Wildman–Crippen LogP) is 6.39. The summed E-state index contributed by atoms with van der Waals surface area (Å²) >= 11 is 0. The molecular formula is C30H41N5O3. The highest BCUT2D eigenvalue weighted by Crippen LogP contribution is 2.31. The van der Waals surface area contributed by atoms with Crippen molar-refractivity contribution in [1.29, 1.82) is 0 Å². The third-order valence-corrected chi connectivity index (χ3v) is 6.14. The van der Waals surface area contributed by atoms with E-state index in [-0.39, 0.29) is 28.9 Å². The number of amides is 1. The Balaban J connectivity index is 0.00000121. The van der Waals surface area contributed by atoms with Gasteiger partial charge in [0.2, 0.25) is 5.91 Å². The smallest absolute Gasteiger partial charge is 0.275 e. The van der Waals surface area contributed by atoms with Crippen molar-refractivity contribution >= 4 is 29.0 Å². The van der Waals surface area contributed by atoms with Gasteiger partial charge < -0.3 is 10.6 Å². The first kappa shape index (κ1) is 30.4. The minimum Gasteiger partial charge on any atom is -0.336 e. The maximum Gasteiger partial charge on any atom is 0.275 e. The van der Waals surface area contributed by atoms with Gasteiger partial charge in [-0.05, 0) is 57.7 Å². The number of pyridine rings is 1. The molecule has 0 radical (unpaired) electrons. The van der Waals surface area contributed by atoms with Gasteiger partial charge in [0.25, 0.3) is 5.56 Å². The number of carbonyl (C=O) groups excluding carboxylic acids is 2. The molecule has 4 rings (SSSR count). The molecule has 1 fully saturated rings. The van der Waals surface area contributed by atoms with Gasteiger partial charge in [-0.3, -0.25) is 19.0 Å². The van der Waals surface area contributed by atoms with E-state index in [2.05, 4.69) is 20.6 Å². The first-order chi connectivity index (χ1) is 18.1. The first-order valence-electron chi connectivity index (χ1n) is 13.3. The summed E-state index contributed by atoms with van der Waals surface area (Å²) in [6.07, 6.45) is 3.11. The number of hydrogen-bond donors (Lipinski definition) is 2. The molecule has 0 unspecified atom stereocenters. The van der Waals surface area contributed by atoms with Crippen LogP contribution in [0.3, 0.4) is 0 Å². The number of nitrogens with one attached hydrogen (secondary N) is 2. The molecule has 0 atom stereocenters. The predicted molar refractivity (Wildman–Crippen MR) is 154 cm³/mol. The summed E-state index contributed by atoms with van der Waals surface area (Å²) in [4.78, 5) is 46.8. The van der Waals surface area contributed by atoms with Gasteiger partial charge in [0.05, 0.1) is 11.2 Å². The Labute approximate surface area is 225 Å². The van der Waals surface area contributed by atoms with E-state index in [9.17, 15) is 14.4 Å². The van der Waals surface area contributed by atoms with Crippen molar-refractivity contribution in [3.8, 4) is 0 Å². The number of benzene rings is 1. The van der Waals surface area contributed by atoms with Gasteiger partial charge in [0.1, 0.15) is 23.7 Å². The lowest BCUT2D eigenvalue weighted by atomic mass is 9.91. The summed E-state index contributed by atoms with van der Waals surface area (Å²) in [5.41, 5.74) is 2.16. The van der Waals surface area contributed by atoms with Crippen LogP contribution in [0.2, 0.25) is 0 Å². The molecule has 1 amide bonds. The van der Waals surface area contributed by atoms with Gasteiger partial charge in [-0.25, -0.2) is 9.97 Å². The van der Waals surface area contributed by atoms with E-state index in [1.165, 1.54) is 13.3 Å². The third kappa shape index (κ3) is 6.94. The van der Waals surface area contributed by atoms with E-state index in [1.807, 2.05) is 79.7 Å². The van der Waals surface area contributed by atoms with Gasteiger partial charge in [-0.15, -0.1) is 0 Å². The van der Waals surface area contributed by atoms with Crippen molar-refractivity contribution in [3.63, 3.8) is 0 Å². The topological polar surface area (TPSA) is 106 Å². The summed E-state index contributed by atoms with van der Waals surface area (Å²) in [7, 11) is 0. The van der Waals surface area contributed by atoms with Crippen molar-refractivity contribution in [2.45, 2.75) is 80.7 Å². The van der Waals surface area contributed by atoms with Crippen LogP contribution >= 0.6 is 0 Å². The lowest BCUT2D eigenvalue weighted by Crippen LogP contribution is -2.41. The summed E-state index contributed by atoms with van der Waals surface area (Å²) < 4.78 is 1.55. The first-order valence-corrected chi connectivity index (χ1v) is 13.3. The Hall–Kier alpha value is -3.81. The monoisotopic (exact) mass is 519 g/mol. The SMILES string of the molecule is CC.CC.CC(=O)c1c(C)cc(Nc2cc(NC(=O)C3CC3)ncn2)c(=O)n1C(C)(C)c1cccc(C)c1. The number of anilines is 3. The number of aromatic nitrogens is 3. The molecule has 1 saturated carbocycles. The lowest BCUT2D eigenvalue weighted by molar-refractivity contribution is -0.117. The van der Waals surface area contributed by atoms with Crippen molar-refractivity contribution in [2.24, 2.45) is 5.92 Å². The number of ketones is 1. The average Bonchev–Trinajstić information content (AvgIpc) is 3.74. The Kier molecular flexibility index (Phi) is 10.5. The number of rotatable bonds is 7. The zero-order chi connectivity index (χ0) is 28.6. The van der Waals surface area contributed by atoms with E-state index < -0.39 is 5.54 Å². The van der Waals surface area contributed by atoms with E-state index in [0.717, 1.165) is 24.0 Å². The fraction of sp³-hybridized carbons (Fsp3) is 0.433. The molecule has 2 aromatic heterocycles. The van der Waals surface area contributed by atoms with Crippen LogP contribution in [-0.4, -0.2) is 26.2 Å². The average molecular weight is 520 g/mol. The molecule has 0 saturated heterocycles. The standard InChI is InChI=1S/C26H29N5O3.2C2H6/c1-15-7-6-8-19(11-15)26(4,5)31-23(17(3)32)16(2)12-20(25(31)34)29-21-13-22(28-14-27-21)30-24(33)18-9-10-18;2*1-2/h6-8,11-14,18H,9-10H2,1-5H3,(H2,27,28,29,30,33);2*1-2H3. The summed E-state index contributed by atoms with van der Waals surface area (Å²) in [5, 5.41) is 5.85. The number of carbonyl (C=O) groups is 2.